The Balaban J connectivity index is 1.55. The molecule has 2 aromatic carbocycles. The predicted octanol–water partition coefficient (Wildman–Crippen LogP) is 5.96. The van der Waals surface area contributed by atoms with Gasteiger partial charge in [-0.05, 0) is 85.0 Å². The Bertz CT molecular complexity index is 1940. The smallest absolute Gasteiger partial charge is 0.450 e. The van der Waals surface area contributed by atoms with E-state index in [9.17, 15) is 22.8 Å². The summed E-state index contributed by atoms with van der Waals surface area (Å²) in [5, 5.41) is 1.17. The van der Waals surface area contributed by atoms with Gasteiger partial charge < -0.3 is 24.2 Å². The Morgan fingerprint density at radius 2 is 1.65 bits per heavy atom. The Morgan fingerprint density at radius 3 is 2.27 bits per heavy atom. The van der Waals surface area contributed by atoms with E-state index in [1.807, 2.05) is 27.0 Å². The van der Waals surface area contributed by atoms with Crippen molar-refractivity contribution in [2.75, 3.05) is 38.2 Å². The lowest BCUT2D eigenvalue weighted by Crippen LogP contribution is -2.59. The zero-order valence-electron chi connectivity index (χ0n) is 28.8. The first-order valence-corrected chi connectivity index (χ1v) is 16.5. The van der Waals surface area contributed by atoms with Crippen LogP contribution >= 0.6 is 0 Å². The van der Waals surface area contributed by atoms with Gasteiger partial charge in [-0.15, -0.1) is 0 Å². The Labute approximate surface area is 282 Å². The maximum atomic E-state index is 15.0. The van der Waals surface area contributed by atoms with Gasteiger partial charge in [-0.3, -0.25) is 9.36 Å². The van der Waals surface area contributed by atoms with Gasteiger partial charge in [0, 0.05) is 36.6 Å². The lowest BCUT2D eigenvalue weighted by atomic mass is 10.0. The summed E-state index contributed by atoms with van der Waals surface area (Å²) in [5.41, 5.74) is -1.54. The van der Waals surface area contributed by atoms with E-state index in [-0.39, 0.29) is 54.3 Å². The highest BCUT2D eigenvalue weighted by atomic mass is 19.4. The van der Waals surface area contributed by atoms with Gasteiger partial charge in [0.25, 0.3) is 5.56 Å². The number of likely N-dealkylation sites (N-methyl/N-ethyl adjacent to an activating group) is 1. The van der Waals surface area contributed by atoms with Gasteiger partial charge in [0.15, 0.2) is 11.3 Å². The molecule has 262 valence electrons. The lowest BCUT2D eigenvalue weighted by Gasteiger charge is -2.45. The first kappa shape index (κ1) is 34.4. The van der Waals surface area contributed by atoms with E-state index in [4.69, 9.17) is 9.47 Å². The van der Waals surface area contributed by atoms with Gasteiger partial charge in [0.1, 0.15) is 17.7 Å². The molecule has 2 aliphatic rings. The second-order valence-corrected chi connectivity index (χ2v) is 14.1. The maximum absolute atomic E-state index is 15.0. The first-order valence-electron chi connectivity index (χ1n) is 16.5. The summed E-state index contributed by atoms with van der Waals surface area (Å²) in [5.74, 6) is -1.35. The number of anilines is 1. The molecule has 0 spiro atoms. The number of amides is 1. The number of rotatable bonds is 5. The van der Waals surface area contributed by atoms with Gasteiger partial charge in [-0.1, -0.05) is 30.3 Å². The molecule has 2 saturated heterocycles. The monoisotopic (exact) mass is 681 g/mol. The van der Waals surface area contributed by atoms with Gasteiger partial charge in [0.2, 0.25) is 5.82 Å². The van der Waals surface area contributed by atoms with Gasteiger partial charge in [0.05, 0.1) is 5.69 Å². The minimum atomic E-state index is -5.01. The van der Waals surface area contributed by atoms with Crippen molar-refractivity contribution in [3.05, 3.63) is 58.1 Å². The normalized spacial score (nSPS) is 20.7. The molecule has 0 radical (unpaired) electrons. The molecule has 6 rings (SSSR count). The standard InChI is InChI=1S/C35H42F3N7O4/c1-20-11-8-12-23-13-9-15-25(26(20)23)45-30(46)28-27(39-31(45)35(36,37)38)29(41-32(40-28)48-19-24-14-10-16-42(24)7)44-21(2)17-43(18-22(44)3)33(47)49-34(4,5)6/h8-9,11-13,15,21-22,24H,10,14,16-19H2,1-7H3/t21-,22-,24?/m0/s1. The number of piperazine rings is 1. The van der Waals surface area contributed by atoms with E-state index >= 15 is 0 Å². The van der Waals surface area contributed by atoms with E-state index in [1.54, 1.807) is 61.8 Å². The number of aromatic nitrogens is 4. The molecule has 11 nitrogen and oxygen atoms in total. The van der Waals surface area contributed by atoms with E-state index in [0.717, 1.165) is 19.4 Å². The van der Waals surface area contributed by atoms with Crippen molar-refractivity contribution in [2.24, 2.45) is 0 Å². The molecule has 0 saturated carbocycles. The highest BCUT2D eigenvalue weighted by Gasteiger charge is 2.41. The van der Waals surface area contributed by atoms with E-state index in [1.165, 1.54) is 6.07 Å². The molecule has 0 N–H and O–H groups in total. The number of fused-ring (bicyclic) bond motifs is 2. The third-order valence-electron chi connectivity index (χ3n) is 9.16. The van der Waals surface area contributed by atoms with Crippen molar-refractivity contribution in [2.45, 2.75) is 84.3 Å². The molecule has 4 aromatic rings. The van der Waals surface area contributed by atoms with Crippen LogP contribution in [0.2, 0.25) is 0 Å². The quantitative estimate of drug-likeness (QED) is 0.252. The number of benzene rings is 2. The van der Waals surface area contributed by atoms with Crippen LogP contribution < -0.4 is 15.2 Å². The van der Waals surface area contributed by atoms with Crippen LogP contribution in [0.15, 0.2) is 41.2 Å². The van der Waals surface area contributed by atoms with Crippen molar-refractivity contribution >= 4 is 33.7 Å². The van der Waals surface area contributed by atoms with Crippen molar-refractivity contribution in [1.29, 1.82) is 0 Å². The minimum absolute atomic E-state index is 0.0347. The topological polar surface area (TPSA) is 106 Å². The van der Waals surface area contributed by atoms with E-state index in [0.29, 0.717) is 20.9 Å². The molecule has 1 unspecified atom stereocenters. The second-order valence-electron chi connectivity index (χ2n) is 14.1. The van der Waals surface area contributed by atoms with Crippen LogP contribution in [-0.4, -0.2) is 92.4 Å². The van der Waals surface area contributed by atoms with Gasteiger partial charge in [-0.2, -0.15) is 23.1 Å². The summed E-state index contributed by atoms with van der Waals surface area (Å²) < 4.78 is 57.3. The van der Waals surface area contributed by atoms with Crippen LogP contribution in [0.4, 0.5) is 23.8 Å². The zero-order valence-corrected chi connectivity index (χ0v) is 28.8. The molecule has 3 atom stereocenters. The average Bonchev–Trinajstić information content (AvgIpc) is 3.42. The molecule has 0 bridgehead atoms. The number of hydrogen-bond acceptors (Lipinski definition) is 9. The lowest BCUT2D eigenvalue weighted by molar-refractivity contribution is -0.146. The largest absolute Gasteiger partial charge is 0.462 e. The fourth-order valence-corrected chi connectivity index (χ4v) is 6.96. The zero-order chi connectivity index (χ0) is 35.4. The highest BCUT2D eigenvalue weighted by Crippen LogP contribution is 2.36. The molecule has 14 heteroatoms. The van der Waals surface area contributed by atoms with Crippen molar-refractivity contribution in [3.8, 4) is 11.7 Å². The summed E-state index contributed by atoms with van der Waals surface area (Å²) in [6.07, 6.45) is -3.59. The second kappa shape index (κ2) is 12.8. The van der Waals surface area contributed by atoms with Crippen molar-refractivity contribution < 1.29 is 27.4 Å². The number of aryl methyl sites for hydroxylation is 1. The van der Waals surface area contributed by atoms with Crippen LogP contribution in [0.25, 0.3) is 27.5 Å². The van der Waals surface area contributed by atoms with Crippen LogP contribution in [0.1, 0.15) is 58.8 Å². The molecule has 2 aliphatic heterocycles. The van der Waals surface area contributed by atoms with Crippen molar-refractivity contribution in [1.82, 2.24) is 29.3 Å². The predicted molar refractivity (Wildman–Crippen MR) is 181 cm³/mol. The van der Waals surface area contributed by atoms with Gasteiger partial charge in [-0.25, -0.2) is 9.78 Å². The van der Waals surface area contributed by atoms with Crippen molar-refractivity contribution in [3.63, 3.8) is 0 Å². The SMILES string of the molecule is Cc1cccc2cccc(-n3c(C(F)(F)F)nc4c(N5[C@@H](C)CN(C(=O)OC(C)(C)C)C[C@@H]5C)nc(OCC5CCCN5C)nc4c3=O)c12. The molecular weight excluding hydrogens is 639 g/mol. The summed E-state index contributed by atoms with van der Waals surface area (Å²) >= 11 is 0. The van der Waals surface area contributed by atoms with Gasteiger partial charge >= 0.3 is 18.3 Å². The molecule has 2 fully saturated rings. The number of nitrogens with zero attached hydrogens (tertiary/aromatic N) is 7. The van der Waals surface area contributed by atoms with Crippen LogP contribution in [0.3, 0.4) is 0 Å². The third kappa shape index (κ3) is 6.75. The number of carbonyl (C=O) groups excluding carboxylic acids is 1. The van der Waals surface area contributed by atoms with Crippen LogP contribution in [0, 0.1) is 6.92 Å². The number of hydrogen-bond donors (Lipinski definition) is 0. The number of ether oxygens (including phenoxy) is 2. The summed E-state index contributed by atoms with van der Waals surface area (Å²) in [7, 11) is 1.99. The maximum Gasteiger partial charge on any atom is 0.450 e. The summed E-state index contributed by atoms with van der Waals surface area (Å²) in [4.78, 5) is 46.2. The molecule has 0 aliphatic carbocycles. The number of likely N-dealkylation sites (tertiary alicyclic amines) is 1. The first-order chi connectivity index (χ1) is 23.0. The number of halogens is 3. The highest BCUT2D eigenvalue weighted by molar-refractivity contribution is 5.94. The Kier molecular flexibility index (Phi) is 8.97. The number of carbonyl (C=O) groups is 1. The van der Waals surface area contributed by atoms with Crippen LogP contribution in [-0.2, 0) is 10.9 Å². The molecule has 2 aromatic heterocycles. The molecule has 1 amide bonds. The molecule has 49 heavy (non-hydrogen) atoms. The number of alkyl halides is 3. The fraction of sp³-hybridized carbons (Fsp3) is 0.514. The summed E-state index contributed by atoms with van der Waals surface area (Å²) in [6.45, 7) is 12.3. The fourth-order valence-electron chi connectivity index (χ4n) is 6.96. The average molecular weight is 682 g/mol. The molecule has 4 heterocycles. The van der Waals surface area contributed by atoms with Crippen LogP contribution in [0.5, 0.6) is 6.01 Å². The Hall–Kier alpha value is -4.46. The summed E-state index contributed by atoms with van der Waals surface area (Å²) in [6, 6.07) is 9.33. The van der Waals surface area contributed by atoms with E-state index < -0.39 is 41.3 Å². The van der Waals surface area contributed by atoms with E-state index in [2.05, 4.69) is 19.9 Å². The third-order valence-corrected chi connectivity index (χ3v) is 9.16. The minimum Gasteiger partial charge on any atom is -0.462 e. The molecular formula is C35H42F3N7O4. The Morgan fingerprint density at radius 1 is 0.980 bits per heavy atom.